The largest absolute Gasteiger partial charge is 0.544 e. The van der Waals surface area contributed by atoms with E-state index < -0.39 is 8.32 Å². The highest BCUT2D eigenvalue weighted by Crippen LogP contribution is 2.37. The first-order valence-corrected chi connectivity index (χ1v) is 13.3. The molecule has 0 amide bonds. The van der Waals surface area contributed by atoms with Crippen molar-refractivity contribution < 1.29 is 4.43 Å². The first-order chi connectivity index (χ1) is 13.1. The molecule has 0 fully saturated rings. The lowest BCUT2D eigenvalue weighted by Crippen LogP contribution is -2.43. The van der Waals surface area contributed by atoms with Crippen LogP contribution in [0.2, 0.25) is 18.1 Å². The Kier molecular flexibility index (Phi) is 7.25. The van der Waals surface area contributed by atoms with Crippen LogP contribution in [0, 0.1) is 18.3 Å². The normalized spacial score (nSPS) is 11.9. The number of nitrogens with zero attached hydrogens (tertiary/aromatic N) is 2. The number of aromatic nitrogens is 1. The number of nitrogens with one attached hydrogen (secondary N) is 1. The molecule has 6 heteroatoms. The molecule has 0 saturated heterocycles. The molecule has 2 rings (SSSR count). The maximum Gasteiger partial charge on any atom is 0.250 e. The van der Waals surface area contributed by atoms with Gasteiger partial charge in [-0.1, -0.05) is 20.8 Å². The Labute approximate surface area is 175 Å². The van der Waals surface area contributed by atoms with Gasteiger partial charge in [0.2, 0.25) is 8.32 Å². The lowest BCUT2D eigenvalue weighted by Gasteiger charge is -2.36. The van der Waals surface area contributed by atoms with Crippen molar-refractivity contribution in [3.63, 3.8) is 0 Å². The number of anilines is 2. The molecule has 0 aliphatic heterocycles. The van der Waals surface area contributed by atoms with Crippen LogP contribution in [-0.2, 0) is 6.54 Å². The first-order valence-electron chi connectivity index (χ1n) is 9.81. The summed E-state index contributed by atoms with van der Waals surface area (Å²) in [6.45, 7) is 14.1. The molecule has 0 aliphatic carbocycles. The summed E-state index contributed by atoms with van der Waals surface area (Å²) in [4.78, 5) is 0. The monoisotopic (exact) mass is 417 g/mol. The highest BCUT2D eigenvalue weighted by molar-refractivity contribution is 6.74. The number of hydrogen-bond acceptors (Lipinski definition) is 3. The summed E-state index contributed by atoms with van der Waals surface area (Å²) >= 11 is 5.78. The summed E-state index contributed by atoms with van der Waals surface area (Å²) in [5, 5.41) is 13.1. The summed E-state index contributed by atoms with van der Waals surface area (Å²) in [7, 11) is -1.84. The zero-order chi connectivity index (χ0) is 20.9. The fourth-order valence-electron chi connectivity index (χ4n) is 2.73. The van der Waals surface area contributed by atoms with Crippen molar-refractivity contribution in [1.82, 2.24) is 4.57 Å². The number of hydrogen-bond donors (Lipinski definition) is 1. The van der Waals surface area contributed by atoms with Crippen molar-refractivity contribution in [2.24, 2.45) is 0 Å². The zero-order valence-electron chi connectivity index (χ0n) is 17.9. The molecule has 0 radical (unpaired) electrons. The Morgan fingerprint density at radius 1 is 1.18 bits per heavy atom. The van der Waals surface area contributed by atoms with E-state index in [1.54, 1.807) is 0 Å². The predicted octanol–water partition coefficient (Wildman–Crippen LogP) is 6.81. The second-order valence-electron chi connectivity index (χ2n) is 8.70. The van der Waals surface area contributed by atoms with Gasteiger partial charge in [0.1, 0.15) is 17.5 Å². The minimum Gasteiger partial charge on any atom is -0.544 e. The highest BCUT2D eigenvalue weighted by Gasteiger charge is 2.38. The van der Waals surface area contributed by atoms with Gasteiger partial charge in [-0.05, 0) is 68.2 Å². The highest BCUT2D eigenvalue weighted by atomic mass is 35.5. The van der Waals surface area contributed by atoms with Crippen molar-refractivity contribution in [3.05, 3.63) is 41.7 Å². The third-order valence-corrected chi connectivity index (χ3v) is 10.2. The summed E-state index contributed by atoms with van der Waals surface area (Å²) in [5.74, 6) is 1.56. The second-order valence-corrected chi connectivity index (χ2v) is 13.8. The Balaban J connectivity index is 2.13. The van der Waals surface area contributed by atoms with E-state index in [0.29, 0.717) is 11.6 Å². The van der Waals surface area contributed by atoms with E-state index in [1.807, 2.05) is 37.3 Å². The van der Waals surface area contributed by atoms with Gasteiger partial charge >= 0.3 is 0 Å². The maximum atomic E-state index is 9.45. The molecule has 0 atom stereocenters. The number of rotatable bonds is 8. The molecule has 0 bridgehead atoms. The van der Waals surface area contributed by atoms with Crippen LogP contribution in [0.3, 0.4) is 0 Å². The smallest absolute Gasteiger partial charge is 0.250 e. The number of alkyl halides is 1. The molecule has 1 N–H and O–H groups in total. The van der Waals surface area contributed by atoms with Crippen molar-refractivity contribution >= 4 is 31.3 Å². The molecule has 152 valence electrons. The predicted molar refractivity (Wildman–Crippen MR) is 121 cm³/mol. The van der Waals surface area contributed by atoms with Gasteiger partial charge in [-0.2, -0.15) is 5.26 Å². The molecular weight excluding hydrogens is 386 g/mol. The summed E-state index contributed by atoms with van der Waals surface area (Å²) in [6.07, 6.45) is 1.91. The quantitative estimate of drug-likeness (QED) is 0.291. The molecule has 0 saturated carbocycles. The van der Waals surface area contributed by atoms with Crippen LogP contribution in [0.4, 0.5) is 11.4 Å². The summed E-state index contributed by atoms with van der Waals surface area (Å²) in [6, 6.07) is 12.3. The van der Waals surface area contributed by atoms with E-state index in [9.17, 15) is 5.26 Å². The third-order valence-electron chi connectivity index (χ3n) is 5.56. The first kappa shape index (κ1) is 22.4. The second kappa shape index (κ2) is 9.06. The molecular formula is C22H32ClN3OSi. The van der Waals surface area contributed by atoms with Crippen LogP contribution in [0.1, 0.15) is 45.0 Å². The van der Waals surface area contributed by atoms with Crippen molar-refractivity contribution in [1.29, 1.82) is 5.26 Å². The van der Waals surface area contributed by atoms with Crippen LogP contribution in [0.25, 0.3) is 0 Å². The van der Waals surface area contributed by atoms with Crippen LogP contribution in [-0.4, -0.2) is 18.8 Å². The van der Waals surface area contributed by atoms with Crippen LogP contribution in [0.15, 0.2) is 30.3 Å². The van der Waals surface area contributed by atoms with Crippen molar-refractivity contribution in [2.45, 2.75) is 65.2 Å². The average molecular weight is 418 g/mol. The minimum atomic E-state index is -1.84. The molecule has 2 aromatic rings. The lowest BCUT2D eigenvalue weighted by molar-refractivity contribution is 0.492. The van der Waals surface area contributed by atoms with Gasteiger partial charge in [0.25, 0.3) is 0 Å². The third kappa shape index (κ3) is 5.33. The van der Waals surface area contributed by atoms with Crippen LogP contribution in [0.5, 0.6) is 5.75 Å². The standard InChI is InChI=1S/C22H32ClN3OSi/c1-17-21(15-19(16-24)26(17)14-8-7-13-23)25-18-9-11-20(12-10-18)27-28(5,6)22(2,3)4/h9-12,15,25H,7-8,13-14H2,1-6H3. The van der Waals surface area contributed by atoms with Crippen molar-refractivity contribution in [3.8, 4) is 11.8 Å². The van der Waals surface area contributed by atoms with Crippen LogP contribution < -0.4 is 9.74 Å². The summed E-state index contributed by atoms with van der Waals surface area (Å²) < 4.78 is 8.40. The molecule has 1 aromatic heterocycles. The van der Waals surface area contributed by atoms with Crippen molar-refractivity contribution in [2.75, 3.05) is 11.2 Å². The zero-order valence-corrected chi connectivity index (χ0v) is 19.7. The molecule has 0 unspecified atom stereocenters. The van der Waals surface area contributed by atoms with E-state index in [1.165, 1.54) is 0 Å². The number of halogens is 1. The van der Waals surface area contributed by atoms with Gasteiger partial charge in [0.05, 0.1) is 5.69 Å². The van der Waals surface area contributed by atoms with Gasteiger partial charge in [0, 0.05) is 23.8 Å². The molecule has 28 heavy (non-hydrogen) atoms. The number of unbranched alkanes of at least 4 members (excludes halogenated alkanes) is 1. The summed E-state index contributed by atoms with van der Waals surface area (Å²) in [5.41, 5.74) is 3.67. The van der Waals surface area contributed by atoms with Gasteiger partial charge < -0.3 is 14.3 Å². The van der Waals surface area contributed by atoms with Gasteiger partial charge in [-0.3, -0.25) is 0 Å². The van der Waals surface area contributed by atoms with E-state index in [-0.39, 0.29) is 5.04 Å². The Bertz CT molecular complexity index is 829. The fourth-order valence-corrected chi connectivity index (χ4v) is 3.95. The van der Waals surface area contributed by atoms with Gasteiger partial charge in [0.15, 0.2) is 0 Å². The van der Waals surface area contributed by atoms with E-state index in [4.69, 9.17) is 16.0 Å². The average Bonchev–Trinajstić information content (AvgIpc) is 2.91. The lowest BCUT2D eigenvalue weighted by atomic mass is 10.2. The molecule has 1 aromatic carbocycles. The SMILES string of the molecule is Cc1c(Nc2ccc(O[Si](C)(C)C(C)(C)C)cc2)cc(C#N)n1CCCCCl. The minimum absolute atomic E-state index is 0.168. The Hall–Kier alpha value is -1.90. The van der Waals surface area contributed by atoms with Gasteiger partial charge in [-0.15, -0.1) is 11.6 Å². The fraction of sp³-hybridized carbons (Fsp3) is 0.500. The van der Waals surface area contributed by atoms with E-state index in [0.717, 1.165) is 42.2 Å². The molecule has 0 spiro atoms. The molecule has 1 heterocycles. The van der Waals surface area contributed by atoms with E-state index >= 15 is 0 Å². The Morgan fingerprint density at radius 2 is 1.82 bits per heavy atom. The van der Waals surface area contributed by atoms with Crippen LogP contribution >= 0.6 is 11.6 Å². The number of nitriles is 1. The molecule has 0 aliphatic rings. The maximum absolute atomic E-state index is 9.45. The van der Waals surface area contributed by atoms with E-state index in [2.05, 4.69) is 49.8 Å². The van der Waals surface area contributed by atoms with Gasteiger partial charge in [-0.25, -0.2) is 0 Å². The topological polar surface area (TPSA) is 50.0 Å². The number of benzene rings is 1. The molecule has 4 nitrogen and oxygen atoms in total. The Morgan fingerprint density at radius 3 is 2.36 bits per heavy atom.